The molecular weight excluding hydrogens is 250 g/mol. The summed E-state index contributed by atoms with van der Waals surface area (Å²) < 4.78 is 4.98. The first-order valence-corrected chi connectivity index (χ1v) is 7.71. The van der Waals surface area contributed by atoms with E-state index in [9.17, 15) is 4.79 Å². The van der Waals surface area contributed by atoms with Crippen LogP contribution in [0.15, 0.2) is 23.8 Å². The molecule has 0 aromatic rings. The van der Waals surface area contributed by atoms with Crippen molar-refractivity contribution < 1.29 is 9.53 Å². The molecule has 0 amide bonds. The SMILES string of the molecule is COC(=O)[C@@]1(C)CCN(CCC2=CC=CCC2)C[C@@H]1C. The Hall–Kier alpha value is -1.09. The lowest BCUT2D eigenvalue weighted by Gasteiger charge is -2.42. The zero-order chi connectivity index (χ0) is 14.6. The van der Waals surface area contributed by atoms with Gasteiger partial charge in [-0.15, -0.1) is 0 Å². The first-order chi connectivity index (χ1) is 9.56. The fraction of sp³-hybridized carbons (Fsp3) is 0.706. The van der Waals surface area contributed by atoms with Crippen LogP contribution >= 0.6 is 0 Å². The summed E-state index contributed by atoms with van der Waals surface area (Å²) in [6.07, 6.45) is 11.1. The first-order valence-electron chi connectivity index (χ1n) is 7.71. The molecule has 112 valence electrons. The number of esters is 1. The minimum atomic E-state index is -0.307. The molecule has 20 heavy (non-hydrogen) atoms. The van der Waals surface area contributed by atoms with E-state index in [-0.39, 0.29) is 11.4 Å². The second-order valence-corrected chi connectivity index (χ2v) is 6.40. The number of ether oxygens (including phenoxy) is 1. The molecule has 0 spiro atoms. The third kappa shape index (κ3) is 3.32. The fourth-order valence-corrected chi connectivity index (χ4v) is 3.22. The summed E-state index contributed by atoms with van der Waals surface area (Å²) in [5.41, 5.74) is 1.25. The summed E-state index contributed by atoms with van der Waals surface area (Å²) in [7, 11) is 1.50. The van der Waals surface area contributed by atoms with Crippen LogP contribution in [0.2, 0.25) is 0 Å². The van der Waals surface area contributed by atoms with E-state index >= 15 is 0 Å². The second-order valence-electron chi connectivity index (χ2n) is 6.40. The molecule has 0 saturated carbocycles. The molecule has 1 heterocycles. The highest BCUT2D eigenvalue weighted by molar-refractivity contribution is 5.76. The second kappa shape index (κ2) is 6.57. The Balaban J connectivity index is 1.84. The molecule has 0 aromatic carbocycles. The van der Waals surface area contributed by atoms with Gasteiger partial charge >= 0.3 is 5.97 Å². The van der Waals surface area contributed by atoms with E-state index in [0.29, 0.717) is 5.92 Å². The Bertz CT molecular complexity index is 413. The van der Waals surface area contributed by atoms with Crippen LogP contribution in [0, 0.1) is 11.3 Å². The molecule has 0 aromatic heterocycles. The predicted molar refractivity (Wildman–Crippen MR) is 81.4 cm³/mol. The quantitative estimate of drug-likeness (QED) is 0.739. The van der Waals surface area contributed by atoms with Gasteiger partial charge in [-0.25, -0.2) is 0 Å². The lowest BCUT2D eigenvalue weighted by atomic mass is 9.72. The van der Waals surface area contributed by atoms with E-state index in [1.165, 1.54) is 20.0 Å². The molecular formula is C17H27NO2. The molecule has 2 aliphatic rings. The van der Waals surface area contributed by atoms with Gasteiger partial charge in [-0.2, -0.15) is 0 Å². The minimum absolute atomic E-state index is 0.0511. The van der Waals surface area contributed by atoms with Crippen LogP contribution in [-0.4, -0.2) is 37.6 Å². The standard InChI is InChI=1S/C17H27NO2/c1-14-13-18(11-9-15-7-5-4-6-8-15)12-10-17(14,2)16(19)20-3/h4-5,7,14H,6,8-13H2,1-3H3/t14-,17-/m0/s1. The van der Waals surface area contributed by atoms with Gasteiger partial charge < -0.3 is 9.64 Å². The highest BCUT2D eigenvalue weighted by Crippen LogP contribution is 2.37. The zero-order valence-electron chi connectivity index (χ0n) is 13.0. The molecule has 1 saturated heterocycles. The maximum Gasteiger partial charge on any atom is 0.311 e. The van der Waals surface area contributed by atoms with Crippen molar-refractivity contribution in [3.63, 3.8) is 0 Å². The highest BCUT2D eigenvalue weighted by Gasteiger charge is 2.43. The summed E-state index contributed by atoms with van der Waals surface area (Å²) in [5, 5.41) is 0. The molecule has 2 rings (SSSR count). The van der Waals surface area contributed by atoms with Gasteiger partial charge in [-0.1, -0.05) is 30.7 Å². The predicted octanol–water partition coefficient (Wildman–Crippen LogP) is 3.17. The lowest BCUT2D eigenvalue weighted by Crippen LogP contribution is -2.49. The Kier molecular flexibility index (Phi) is 5.03. The Morgan fingerprint density at radius 1 is 1.55 bits per heavy atom. The monoisotopic (exact) mass is 277 g/mol. The van der Waals surface area contributed by atoms with Crippen LogP contribution in [0.1, 0.15) is 39.5 Å². The third-order valence-corrected chi connectivity index (χ3v) is 5.07. The molecule has 1 aliphatic heterocycles. The Morgan fingerprint density at radius 2 is 2.35 bits per heavy atom. The molecule has 0 N–H and O–H groups in total. The molecule has 0 bridgehead atoms. The first kappa shape index (κ1) is 15.3. The fourth-order valence-electron chi connectivity index (χ4n) is 3.22. The van der Waals surface area contributed by atoms with Crippen LogP contribution in [0.25, 0.3) is 0 Å². The third-order valence-electron chi connectivity index (χ3n) is 5.07. The number of carbonyl (C=O) groups is 1. The number of hydrogen-bond acceptors (Lipinski definition) is 3. The van der Waals surface area contributed by atoms with Crippen LogP contribution in [0.3, 0.4) is 0 Å². The molecule has 1 aliphatic carbocycles. The van der Waals surface area contributed by atoms with E-state index in [4.69, 9.17) is 4.74 Å². The summed E-state index contributed by atoms with van der Waals surface area (Å²) in [6.45, 7) is 7.33. The van der Waals surface area contributed by atoms with Crippen LogP contribution < -0.4 is 0 Å². The average Bonchev–Trinajstić information content (AvgIpc) is 2.48. The van der Waals surface area contributed by atoms with E-state index in [1.807, 2.05) is 0 Å². The number of rotatable bonds is 4. The molecule has 0 unspecified atom stereocenters. The van der Waals surface area contributed by atoms with Crippen molar-refractivity contribution in [1.29, 1.82) is 0 Å². The highest BCUT2D eigenvalue weighted by atomic mass is 16.5. The maximum absolute atomic E-state index is 12.0. The van der Waals surface area contributed by atoms with Gasteiger partial charge in [-0.3, -0.25) is 4.79 Å². The largest absolute Gasteiger partial charge is 0.469 e. The number of methoxy groups -OCH3 is 1. The van der Waals surface area contributed by atoms with Crippen molar-refractivity contribution in [1.82, 2.24) is 4.90 Å². The van der Waals surface area contributed by atoms with Crippen molar-refractivity contribution >= 4 is 5.97 Å². The van der Waals surface area contributed by atoms with Gasteiger partial charge in [0.15, 0.2) is 0 Å². The zero-order valence-corrected chi connectivity index (χ0v) is 13.0. The maximum atomic E-state index is 12.0. The molecule has 3 nitrogen and oxygen atoms in total. The topological polar surface area (TPSA) is 29.5 Å². The number of piperidine rings is 1. The average molecular weight is 277 g/mol. The van der Waals surface area contributed by atoms with Crippen molar-refractivity contribution in [2.75, 3.05) is 26.7 Å². The molecule has 1 fully saturated rings. The summed E-state index contributed by atoms with van der Waals surface area (Å²) in [6, 6.07) is 0. The van der Waals surface area contributed by atoms with Gasteiger partial charge in [0.05, 0.1) is 12.5 Å². The number of nitrogens with zero attached hydrogens (tertiary/aromatic N) is 1. The lowest BCUT2D eigenvalue weighted by molar-refractivity contribution is -0.158. The number of carbonyl (C=O) groups excluding carboxylic acids is 1. The smallest absolute Gasteiger partial charge is 0.311 e. The number of likely N-dealkylation sites (tertiary alicyclic amines) is 1. The summed E-state index contributed by atoms with van der Waals surface area (Å²) in [4.78, 5) is 14.4. The molecule has 3 heteroatoms. The normalized spacial score (nSPS) is 30.9. The van der Waals surface area contributed by atoms with Crippen LogP contribution in [-0.2, 0) is 9.53 Å². The van der Waals surface area contributed by atoms with Crippen molar-refractivity contribution in [3.8, 4) is 0 Å². The minimum Gasteiger partial charge on any atom is -0.469 e. The van der Waals surface area contributed by atoms with Crippen molar-refractivity contribution in [2.24, 2.45) is 11.3 Å². The van der Waals surface area contributed by atoms with E-state index in [2.05, 4.69) is 37.0 Å². The Labute approximate surface area is 122 Å². The van der Waals surface area contributed by atoms with Gasteiger partial charge in [0.2, 0.25) is 0 Å². The van der Waals surface area contributed by atoms with Crippen LogP contribution in [0.5, 0.6) is 0 Å². The number of hydrogen-bond donors (Lipinski definition) is 0. The Morgan fingerprint density at radius 3 is 2.95 bits per heavy atom. The van der Waals surface area contributed by atoms with Crippen molar-refractivity contribution in [3.05, 3.63) is 23.8 Å². The summed E-state index contributed by atoms with van der Waals surface area (Å²) >= 11 is 0. The van der Waals surface area contributed by atoms with Gasteiger partial charge in [0.25, 0.3) is 0 Å². The van der Waals surface area contributed by atoms with Gasteiger partial charge in [-0.05, 0) is 45.1 Å². The van der Waals surface area contributed by atoms with E-state index in [1.54, 1.807) is 5.57 Å². The molecule has 2 atom stereocenters. The van der Waals surface area contributed by atoms with E-state index < -0.39 is 0 Å². The van der Waals surface area contributed by atoms with E-state index in [0.717, 1.165) is 32.5 Å². The number of allylic oxidation sites excluding steroid dienone is 3. The van der Waals surface area contributed by atoms with Gasteiger partial charge in [0.1, 0.15) is 0 Å². The van der Waals surface area contributed by atoms with Crippen LogP contribution in [0.4, 0.5) is 0 Å². The molecule has 0 radical (unpaired) electrons. The van der Waals surface area contributed by atoms with Crippen molar-refractivity contribution in [2.45, 2.75) is 39.5 Å². The van der Waals surface area contributed by atoms with Gasteiger partial charge in [0, 0.05) is 13.1 Å². The summed E-state index contributed by atoms with van der Waals surface area (Å²) in [5.74, 6) is 0.300.